The van der Waals surface area contributed by atoms with Gasteiger partial charge >= 0.3 is 5.63 Å². The summed E-state index contributed by atoms with van der Waals surface area (Å²) in [6.07, 6.45) is 1.85. The van der Waals surface area contributed by atoms with Gasteiger partial charge in [0.05, 0.1) is 16.9 Å². The van der Waals surface area contributed by atoms with Gasteiger partial charge in [0.25, 0.3) is 0 Å². The molecule has 0 aliphatic rings. The number of benzene rings is 2. The Morgan fingerprint density at radius 2 is 1.88 bits per heavy atom. The largest absolute Gasteiger partial charge is 0.422 e. The quantitative estimate of drug-likeness (QED) is 0.413. The van der Waals surface area contributed by atoms with Gasteiger partial charge in [0.2, 0.25) is 0 Å². The molecule has 0 aliphatic heterocycles. The van der Waals surface area contributed by atoms with Crippen LogP contribution >= 0.6 is 12.2 Å². The predicted octanol–water partition coefficient (Wildman–Crippen LogP) is 4.93. The number of aromatic amines is 1. The third-order valence-electron chi connectivity index (χ3n) is 4.26. The minimum atomic E-state index is -0.386. The molecule has 0 bridgehead atoms. The molecular formula is C20H16N2O2S. The lowest BCUT2D eigenvalue weighted by Crippen LogP contribution is -2.02. The molecule has 0 atom stereocenters. The van der Waals surface area contributed by atoms with E-state index < -0.39 is 0 Å². The molecule has 0 spiro atoms. The van der Waals surface area contributed by atoms with Crippen LogP contribution in [0.15, 0.2) is 63.9 Å². The number of nitrogens with one attached hydrogen (secondary N) is 1. The van der Waals surface area contributed by atoms with E-state index in [2.05, 4.69) is 18.0 Å². The maximum Gasteiger partial charge on any atom is 0.345 e. The first-order chi connectivity index (χ1) is 12.0. The summed E-state index contributed by atoms with van der Waals surface area (Å²) >= 11 is 5.46. The van der Waals surface area contributed by atoms with Crippen LogP contribution in [0.3, 0.4) is 0 Å². The summed E-state index contributed by atoms with van der Waals surface area (Å²) in [4.78, 5) is 15.5. The third kappa shape index (κ3) is 2.72. The number of imidazole rings is 1. The van der Waals surface area contributed by atoms with Crippen LogP contribution in [0.2, 0.25) is 0 Å². The summed E-state index contributed by atoms with van der Waals surface area (Å²) in [5, 5.41) is 0.871. The topological polar surface area (TPSA) is 50.9 Å². The number of fused-ring (bicyclic) bond motifs is 1. The molecule has 1 N–H and O–H groups in total. The maximum absolute atomic E-state index is 12.4. The van der Waals surface area contributed by atoms with E-state index in [1.165, 1.54) is 5.56 Å². The zero-order chi connectivity index (χ0) is 17.6. The summed E-state index contributed by atoms with van der Waals surface area (Å²) in [5.41, 5.74) is 4.60. The lowest BCUT2D eigenvalue weighted by molar-refractivity contribution is 0.563. The molecule has 0 fully saturated rings. The standard InChI is InChI=1S/C20H16N2O2S/c1-12-7-8-17(13(2)9-12)22-11-16(21-20(22)25)15-10-14-5-3-4-6-18(14)24-19(15)23/h3-11H,1-2H3,(H,21,25). The van der Waals surface area contributed by atoms with E-state index >= 15 is 0 Å². The van der Waals surface area contributed by atoms with Gasteiger partial charge in [-0.1, -0.05) is 35.9 Å². The molecule has 4 rings (SSSR count). The number of hydrogen-bond acceptors (Lipinski definition) is 3. The van der Waals surface area contributed by atoms with Crippen LogP contribution in [-0.2, 0) is 0 Å². The highest BCUT2D eigenvalue weighted by molar-refractivity contribution is 7.71. The highest BCUT2D eigenvalue weighted by Gasteiger charge is 2.12. The fourth-order valence-electron chi connectivity index (χ4n) is 3.04. The summed E-state index contributed by atoms with van der Waals surface area (Å²) in [7, 11) is 0. The van der Waals surface area contributed by atoms with Crippen LogP contribution in [0.5, 0.6) is 0 Å². The Balaban J connectivity index is 1.90. The number of para-hydroxylation sites is 1. The predicted molar refractivity (Wildman–Crippen MR) is 102 cm³/mol. The minimum absolute atomic E-state index is 0.386. The van der Waals surface area contributed by atoms with E-state index in [0.717, 1.165) is 16.6 Å². The van der Waals surface area contributed by atoms with Gasteiger partial charge in [-0.3, -0.25) is 4.57 Å². The van der Waals surface area contributed by atoms with Crippen molar-refractivity contribution in [3.8, 4) is 16.9 Å². The Bertz CT molecular complexity index is 1210. The molecule has 4 nitrogen and oxygen atoms in total. The molecular weight excluding hydrogens is 332 g/mol. The fraction of sp³-hybridized carbons (Fsp3) is 0.100. The van der Waals surface area contributed by atoms with Crippen molar-refractivity contribution in [1.29, 1.82) is 0 Å². The lowest BCUT2D eigenvalue weighted by Gasteiger charge is -2.07. The van der Waals surface area contributed by atoms with Gasteiger partial charge in [-0.25, -0.2) is 4.79 Å². The fourth-order valence-corrected chi connectivity index (χ4v) is 3.30. The molecule has 25 heavy (non-hydrogen) atoms. The van der Waals surface area contributed by atoms with Crippen molar-refractivity contribution in [2.45, 2.75) is 13.8 Å². The summed E-state index contributed by atoms with van der Waals surface area (Å²) < 4.78 is 7.84. The number of hydrogen-bond donors (Lipinski definition) is 1. The van der Waals surface area contributed by atoms with Crippen LogP contribution in [-0.4, -0.2) is 9.55 Å². The van der Waals surface area contributed by atoms with Crippen molar-refractivity contribution in [2.75, 3.05) is 0 Å². The summed E-state index contributed by atoms with van der Waals surface area (Å²) in [6, 6.07) is 15.5. The van der Waals surface area contributed by atoms with E-state index in [-0.39, 0.29) is 5.63 Å². The molecule has 2 aromatic carbocycles. The van der Waals surface area contributed by atoms with Crippen molar-refractivity contribution in [2.24, 2.45) is 0 Å². The molecule has 0 saturated carbocycles. The number of rotatable bonds is 2. The Labute approximate surface area is 149 Å². The van der Waals surface area contributed by atoms with Crippen molar-refractivity contribution in [1.82, 2.24) is 9.55 Å². The van der Waals surface area contributed by atoms with Gasteiger partial charge in [0.15, 0.2) is 4.77 Å². The molecule has 4 aromatic rings. The van der Waals surface area contributed by atoms with Gasteiger partial charge < -0.3 is 9.40 Å². The highest BCUT2D eigenvalue weighted by atomic mass is 32.1. The minimum Gasteiger partial charge on any atom is -0.422 e. The zero-order valence-electron chi connectivity index (χ0n) is 13.9. The van der Waals surface area contributed by atoms with Crippen LogP contribution in [0.25, 0.3) is 27.9 Å². The summed E-state index contributed by atoms with van der Waals surface area (Å²) in [6.45, 7) is 4.10. The second-order valence-corrected chi connectivity index (χ2v) is 6.50. The first kappa shape index (κ1) is 15.6. The second kappa shape index (κ2) is 5.86. The van der Waals surface area contributed by atoms with Crippen LogP contribution < -0.4 is 5.63 Å². The number of nitrogens with zero attached hydrogens (tertiary/aromatic N) is 1. The Morgan fingerprint density at radius 1 is 1.08 bits per heavy atom. The zero-order valence-corrected chi connectivity index (χ0v) is 14.7. The summed E-state index contributed by atoms with van der Waals surface area (Å²) in [5.74, 6) is 0. The highest BCUT2D eigenvalue weighted by Crippen LogP contribution is 2.23. The molecule has 124 valence electrons. The SMILES string of the molecule is Cc1ccc(-n2cc(-c3cc4ccccc4oc3=O)[nH]c2=S)c(C)c1. The first-order valence-electron chi connectivity index (χ1n) is 7.95. The Morgan fingerprint density at radius 3 is 2.68 bits per heavy atom. The Hall–Kier alpha value is -2.92. The van der Waals surface area contributed by atoms with Crippen molar-refractivity contribution in [3.05, 3.63) is 81.0 Å². The maximum atomic E-state index is 12.4. The van der Waals surface area contributed by atoms with Gasteiger partial charge in [-0.05, 0) is 49.8 Å². The van der Waals surface area contributed by atoms with Crippen molar-refractivity contribution >= 4 is 23.2 Å². The number of aromatic nitrogens is 2. The molecule has 0 unspecified atom stereocenters. The molecule has 2 heterocycles. The third-order valence-corrected chi connectivity index (χ3v) is 4.56. The van der Waals surface area contributed by atoms with Gasteiger partial charge in [0.1, 0.15) is 5.58 Å². The van der Waals surface area contributed by atoms with Crippen LogP contribution in [0.1, 0.15) is 11.1 Å². The molecule has 0 saturated heterocycles. The van der Waals surface area contributed by atoms with Crippen molar-refractivity contribution < 1.29 is 4.42 Å². The smallest absolute Gasteiger partial charge is 0.345 e. The second-order valence-electron chi connectivity index (χ2n) is 6.12. The van der Waals surface area contributed by atoms with Crippen LogP contribution in [0.4, 0.5) is 0 Å². The molecule has 0 radical (unpaired) electrons. The van der Waals surface area contributed by atoms with E-state index in [4.69, 9.17) is 16.6 Å². The van der Waals surface area contributed by atoms with E-state index in [1.54, 1.807) is 6.07 Å². The first-order valence-corrected chi connectivity index (χ1v) is 8.36. The average Bonchev–Trinajstić information content (AvgIpc) is 2.95. The monoisotopic (exact) mass is 348 g/mol. The normalized spacial score (nSPS) is 11.1. The van der Waals surface area contributed by atoms with Crippen molar-refractivity contribution in [3.63, 3.8) is 0 Å². The van der Waals surface area contributed by atoms with E-state index in [0.29, 0.717) is 21.6 Å². The van der Waals surface area contributed by atoms with Gasteiger partial charge in [-0.2, -0.15) is 0 Å². The number of H-pyrrole nitrogens is 1. The van der Waals surface area contributed by atoms with Gasteiger partial charge in [0, 0.05) is 11.6 Å². The van der Waals surface area contributed by atoms with Gasteiger partial charge in [-0.15, -0.1) is 0 Å². The molecule has 0 aliphatic carbocycles. The van der Waals surface area contributed by atoms with E-state index in [1.807, 2.05) is 54.1 Å². The number of aryl methyl sites for hydroxylation is 2. The molecule has 0 amide bonds. The van der Waals surface area contributed by atoms with Crippen LogP contribution in [0, 0.1) is 18.6 Å². The lowest BCUT2D eigenvalue weighted by atomic mass is 10.1. The average molecular weight is 348 g/mol. The van der Waals surface area contributed by atoms with E-state index in [9.17, 15) is 4.79 Å². The Kier molecular flexibility index (Phi) is 3.66. The molecule has 2 aromatic heterocycles. The molecule has 5 heteroatoms.